The Balaban J connectivity index is 2.04. The summed E-state index contributed by atoms with van der Waals surface area (Å²) in [6.07, 6.45) is 0. The van der Waals surface area contributed by atoms with E-state index in [0.717, 1.165) is 8.27 Å². The Kier molecular flexibility index (Phi) is 10.1. The van der Waals surface area contributed by atoms with Crippen LogP contribution in [-0.4, -0.2) is 0 Å². The van der Waals surface area contributed by atoms with E-state index in [1.807, 2.05) is 0 Å². The summed E-state index contributed by atoms with van der Waals surface area (Å²) in [7, 11) is 1.28. The molecule has 0 N–H and O–H groups in total. The Morgan fingerprint density at radius 1 is 0.425 bits per heavy atom. The van der Waals surface area contributed by atoms with E-state index < -0.39 is 14.6 Å². The second-order valence-electron chi connectivity index (χ2n) is 11.8. The third kappa shape index (κ3) is 6.80. The van der Waals surface area contributed by atoms with Crippen molar-refractivity contribution in [2.75, 3.05) is 0 Å². The van der Waals surface area contributed by atoms with Gasteiger partial charge in [0.15, 0.2) is 0 Å². The number of hydrogen-bond donors (Lipinski definition) is 0. The Bertz CT molecular complexity index is 1370. The van der Waals surface area contributed by atoms with Crippen molar-refractivity contribution in [3.63, 3.8) is 0 Å². The summed E-state index contributed by atoms with van der Waals surface area (Å²) in [6, 6.07) is 19.3. The van der Waals surface area contributed by atoms with Crippen LogP contribution in [0.5, 0.6) is 0 Å². The average molecular weight is 602 g/mol. The average Bonchev–Trinajstić information content (AvgIpc) is 2.80. The minimum Gasteiger partial charge on any atom is -0.463 e. The van der Waals surface area contributed by atoms with E-state index >= 15 is 0 Å². The highest BCUT2D eigenvalue weighted by atomic mass is 32.6. The smallest absolute Gasteiger partial charge is 0.0115 e. The van der Waals surface area contributed by atoms with Gasteiger partial charge in [-0.05, 0) is 140 Å². The van der Waals surface area contributed by atoms with Gasteiger partial charge < -0.3 is 8.27 Å². The highest BCUT2D eigenvalue weighted by molar-refractivity contribution is 8.77. The van der Waals surface area contributed by atoms with Crippen LogP contribution in [0.2, 0.25) is 0 Å². The molecule has 4 aromatic carbocycles. The zero-order valence-electron chi connectivity index (χ0n) is 26.5. The van der Waals surface area contributed by atoms with Gasteiger partial charge in [0.05, 0.1) is 0 Å². The van der Waals surface area contributed by atoms with E-state index in [1.54, 1.807) is 15.9 Å². The highest BCUT2D eigenvalue weighted by Crippen LogP contribution is 2.85. The van der Waals surface area contributed by atoms with E-state index in [2.05, 4.69) is 132 Å². The second kappa shape index (κ2) is 12.9. The molecular formula is C36H45P4-. The van der Waals surface area contributed by atoms with Gasteiger partial charge in [0, 0.05) is 0 Å². The standard InChI is InChI=1S/C36H45P4/c1-21-13-25(5)33(26(6)14-21)37-39(35-29(9)17-23(3)18-30(35)10)40(36-31(11)19-24(4)20-32(36)12)38-34-27(7)15-22(2)16-28(34)8/h13-20,37H,1-12H3/q-1. The second-order valence-corrected chi connectivity index (χ2v) is 23.6. The molecule has 0 aliphatic heterocycles. The summed E-state index contributed by atoms with van der Waals surface area (Å²) in [4.78, 5) is 0. The van der Waals surface area contributed by atoms with Crippen LogP contribution in [0.1, 0.15) is 66.8 Å². The fourth-order valence-corrected chi connectivity index (χ4v) is 26.9. The Hall–Kier alpha value is -1.40. The Morgan fingerprint density at radius 2 is 0.750 bits per heavy atom. The van der Waals surface area contributed by atoms with Crippen LogP contribution in [0.15, 0.2) is 48.5 Å². The first kappa shape index (κ1) is 31.5. The van der Waals surface area contributed by atoms with Crippen molar-refractivity contribution in [1.29, 1.82) is 0 Å². The molecule has 0 saturated heterocycles. The lowest BCUT2D eigenvalue weighted by molar-refractivity contribution is 1.35. The van der Waals surface area contributed by atoms with Gasteiger partial charge in [-0.3, -0.25) is 0 Å². The summed E-state index contributed by atoms with van der Waals surface area (Å²) < 4.78 is 0. The van der Waals surface area contributed by atoms with Gasteiger partial charge in [-0.2, -0.15) is 12.6 Å². The van der Waals surface area contributed by atoms with E-state index in [-0.39, 0.29) is 0 Å². The van der Waals surface area contributed by atoms with Crippen molar-refractivity contribution in [3.05, 3.63) is 115 Å². The summed E-state index contributed by atoms with van der Waals surface area (Å²) in [5, 5.41) is 6.38. The van der Waals surface area contributed by atoms with E-state index in [4.69, 9.17) is 0 Å². The predicted molar refractivity (Wildman–Crippen MR) is 190 cm³/mol. The zero-order chi connectivity index (χ0) is 29.5. The first-order valence-corrected chi connectivity index (χ1v) is 21.0. The highest BCUT2D eigenvalue weighted by Gasteiger charge is 2.25. The maximum atomic E-state index is 2.43. The zero-order valence-corrected chi connectivity index (χ0v) is 30.1. The first-order valence-electron chi connectivity index (χ1n) is 14.2. The minimum absolute atomic E-state index is 0.486. The summed E-state index contributed by atoms with van der Waals surface area (Å²) in [5.41, 5.74) is 17.1. The van der Waals surface area contributed by atoms with Crippen LogP contribution in [-0.2, 0) is 0 Å². The van der Waals surface area contributed by atoms with Crippen LogP contribution in [0, 0.1) is 83.1 Å². The molecule has 0 aliphatic carbocycles. The van der Waals surface area contributed by atoms with Crippen LogP contribution >= 0.6 is 31.1 Å². The Labute approximate surface area is 249 Å². The molecule has 0 heterocycles. The van der Waals surface area contributed by atoms with Crippen molar-refractivity contribution in [2.45, 2.75) is 83.1 Å². The maximum Gasteiger partial charge on any atom is -0.0115 e. The summed E-state index contributed by atoms with van der Waals surface area (Å²) in [5.74, 6) is 0. The molecule has 0 aliphatic rings. The van der Waals surface area contributed by atoms with E-state index in [0.29, 0.717) is 0 Å². The molecule has 0 bridgehead atoms. The van der Waals surface area contributed by atoms with Gasteiger partial charge in [-0.25, -0.2) is 0 Å². The van der Waals surface area contributed by atoms with Crippen molar-refractivity contribution in [3.8, 4) is 0 Å². The van der Waals surface area contributed by atoms with Crippen molar-refractivity contribution in [2.24, 2.45) is 0 Å². The predicted octanol–water partition coefficient (Wildman–Crippen LogP) is 10.3. The van der Waals surface area contributed by atoms with Gasteiger partial charge in [0.25, 0.3) is 0 Å². The molecule has 40 heavy (non-hydrogen) atoms. The third-order valence-corrected chi connectivity index (χ3v) is 25.2. The van der Waals surface area contributed by atoms with Gasteiger partial charge in [0.2, 0.25) is 0 Å². The molecule has 4 rings (SSSR count). The molecule has 4 heteroatoms. The summed E-state index contributed by atoms with van der Waals surface area (Å²) in [6.45, 7) is 27.7. The lowest BCUT2D eigenvalue weighted by Crippen LogP contribution is -2.17. The molecule has 210 valence electrons. The number of benzene rings is 4. The van der Waals surface area contributed by atoms with Gasteiger partial charge in [-0.15, -0.1) is 0 Å². The Morgan fingerprint density at radius 3 is 1.15 bits per heavy atom. The SMILES string of the molecule is Cc1cc(C)c([P-]P(c2c(C)cc(C)cc2C)P(Pc2c(C)cc(C)cc2C)c2c(C)cc(C)cc2C)c(C)c1. The normalized spacial score (nSPS) is 13.6. The molecule has 0 fully saturated rings. The fraction of sp³-hybridized carbons (Fsp3) is 0.333. The van der Waals surface area contributed by atoms with E-state index in [1.165, 1.54) is 80.3 Å². The molecule has 3 atom stereocenters. The number of aryl methyl sites for hydroxylation is 12. The molecule has 0 amide bonds. The van der Waals surface area contributed by atoms with Crippen LogP contribution in [0.4, 0.5) is 0 Å². The fourth-order valence-electron chi connectivity index (χ4n) is 6.27. The largest absolute Gasteiger partial charge is 0.463 e. The van der Waals surface area contributed by atoms with Crippen molar-refractivity contribution < 1.29 is 0 Å². The summed E-state index contributed by atoms with van der Waals surface area (Å²) >= 11 is 0. The first-order chi connectivity index (χ1) is 18.8. The van der Waals surface area contributed by atoms with Crippen molar-refractivity contribution >= 4 is 52.4 Å². The molecule has 0 aromatic heterocycles. The lowest BCUT2D eigenvalue weighted by atomic mass is 10.1. The van der Waals surface area contributed by atoms with Crippen LogP contribution in [0.25, 0.3) is 0 Å². The van der Waals surface area contributed by atoms with Crippen molar-refractivity contribution in [1.82, 2.24) is 0 Å². The molecule has 0 radical (unpaired) electrons. The monoisotopic (exact) mass is 601 g/mol. The van der Waals surface area contributed by atoms with Crippen LogP contribution in [0.3, 0.4) is 0 Å². The molecule has 0 spiro atoms. The molecular weight excluding hydrogens is 556 g/mol. The van der Waals surface area contributed by atoms with Gasteiger partial charge in [-0.1, -0.05) is 90.2 Å². The third-order valence-electron chi connectivity index (χ3n) is 7.60. The van der Waals surface area contributed by atoms with E-state index in [9.17, 15) is 0 Å². The maximum absolute atomic E-state index is 2.43. The molecule has 0 nitrogen and oxygen atoms in total. The molecule has 3 unspecified atom stereocenters. The topological polar surface area (TPSA) is 0 Å². The van der Waals surface area contributed by atoms with Gasteiger partial charge in [0.1, 0.15) is 0 Å². The lowest BCUT2D eigenvalue weighted by Gasteiger charge is -2.45. The molecule has 0 saturated carbocycles. The molecule has 4 aromatic rings. The number of hydrogen-bond acceptors (Lipinski definition) is 0. The minimum atomic E-state index is -0.517. The van der Waals surface area contributed by atoms with Gasteiger partial charge >= 0.3 is 0 Å². The van der Waals surface area contributed by atoms with Crippen LogP contribution < -0.4 is 21.2 Å². The quantitative estimate of drug-likeness (QED) is 0.185. The number of rotatable bonds is 7.